The molecule has 0 amide bonds. The van der Waals surface area contributed by atoms with Crippen molar-refractivity contribution in [2.24, 2.45) is 0 Å². The maximum Gasteiger partial charge on any atom is 0.205 e. The number of methoxy groups -OCH3 is 1. The summed E-state index contributed by atoms with van der Waals surface area (Å²) in [5.41, 5.74) is 0. The zero-order chi connectivity index (χ0) is 10.3. The summed E-state index contributed by atoms with van der Waals surface area (Å²) in [7, 11) is 1.78. The van der Waals surface area contributed by atoms with E-state index >= 15 is 0 Å². The number of anilines is 1. The van der Waals surface area contributed by atoms with Gasteiger partial charge >= 0.3 is 0 Å². The van der Waals surface area contributed by atoms with Crippen molar-refractivity contribution in [3.05, 3.63) is 5.82 Å². The van der Waals surface area contributed by atoms with Crippen LogP contribution < -0.4 is 4.90 Å². The molecular formula is C10H15N3OS. The van der Waals surface area contributed by atoms with Crippen LogP contribution in [0.3, 0.4) is 0 Å². The fourth-order valence-corrected chi connectivity index (χ4v) is 2.74. The number of hydrogen-bond donors (Lipinski definition) is 0. The lowest BCUT2D eigenvalue weighted by Gasteiger charge is -2.13. The first-order valence-corrected chi connectivity index (χ1v) is 6.25. The molecular weight excluding hydrogens is 210 g/mol. The predicted molar refractivity (Wildman–Crippen MR) is 59.5 cm³/mol. The second kappa shape index (κ2) is 3.72. The van der Waals surface area contributed by atoms with E-state index in [0.717, 1.165) is 30.5 Å². The molecule has 82 valence electrons. The zero-order valence-electron chi connectivity index (χ0n) is 8.85. The second-order valence-corrected chi connectivity index (χ2v) is 5.03. The SMILES string of the molecule is COC1CCN(c2nc(C3CC3)ns2)C1. The van der Waals surface area contributed by atoms with Gasteiger partial charge in [0, 0.05) is 37.6 Å². The van der Waals surface area contributed by atoms with Crippen molar-refractivity contribution < 1.29 is 4.74 Å². The standard InChI is InChI=1S/C10H15N3OS/c1-14-8-4-5-13(6-8)10-11-9(12-15-10)7-2-3-7/h7-8H,2-6H2,1H3. The lowest BCUT2D eigenvalue weighted by Crippen LogP contribution is -2.21. The minimum absolute atomic E-state index is 0.373. The van der Waals surface area contributed by atoms with Gasteiger partial charge in [-0.1, -0.05) is 0 Å². The van der Waals surface area contributed by atoms with Crippen LogP contribution in [0.15, 0.2) is 0 Å². The molecule has 2 aliphatic rings. The Morgan fingerprint density at radius 2 is 2.27 bits per heavy atom. The fraction of sp³-hybridized carbons (Fsp3) is 0.800. The smallest absolute Gasteiger partial charge is 0.205 e. The Morgan fingerprint density at radius 1 is 1.40 bits per heavy atom. The Labute approximate surface area is 93.4 Å². The van der Waals surface area contributed by atoms with Gasteiger partial charge < -0.3 is 9.64 Å². The summed E-state index contributed by atoms with van der Waals surface area (Å²) in [6.07, 6.45) is 4.03. The van der Waals surface area contributed by atoms with Gasteiger partial charge in [0.15, 0.2) is 0 Å². The van der Waals surface area contributed by atoms with Crippen LogP contribution >= 0.6 is 11.5 Å². The molecule has 1 saturated carbocycles. The molecule has 1 atom stereocenters. The lowest BCUT2D eigenvalue weighted by atomic mass is 10.3. The highest BCUT2D eigenvalue weighted by Gasteiger charge is 2.30. The van der Waals surface area contributed by atoms with Gasteiger partial charge in [0.05, 0.1) is 6.10 Å². The van der Waals surface area contributed by atoms with E-state index in [1.54, 1.807) is 7.11 Å². The topological polar surface area (TPSA) is 38.2 Å². The molecule has 1 aromatic rings. The third-order valence-electron chi connectivity index (χ3n) is 3.12. The maximum absolute atomic E-state index is 5.34. The number of hydrogen-bond acceptors (Lipinski definition) is 5. The molecule has 0 N–H and O–H groups in total. The average molecular weight is 225 g/mol. The Kier molecular flexibility index (Phi) is 2.36. The van der Waals surface area contributed by atoms with Gasteiger partial charge in [-0.05, 0) is 19.3 Å². The van der Waals surface area contributed by atoms with Crippen LogP contribution in [0.5, 0.6) is 0 Å². The minimum atomic E-state index is 0.373. The summed E-state index contributed by atoms with van der Waals surface area (Å²) in [4.78, 5) is 6.89. The lowest BCUT2D eigenvalue weighted by molar-refractivity contribution is 0.121. The quantitative estimate of drug-likeness (QED) is 0.784. The number of rotatable bonds is 3. The van der Waals surface area contributed by atoms with Gasteiger partial charge in [0.25, 0.3) is 0 Å². The highest BCUT2D eigenvalue weighted by Crippen LogP contribution is 2.40. The van der Waals surface area contributed by atoms with Crippen LogP contribution in [-0.2, 0) is 4.74 Å². The van der Waals surface area contributed by atoms with E-state index in [-0.39, 0.29) is 0 Å². The van der Waals surface area contributed by atoms with Gasteiger partial charge in [-0.2, -0.15) is 4.37 Å². The Bertz CT molecular complexity index is 350. The van der Waals surface area contributed by atoms with Crippen LogP contribution in [0.25, 0.3) is 0 Å². The number of nitrogens with zero attached hydrogens (tertiary/aromatic N) is 3. The highest BCUT2D eigenvalue weighted by atomic mass is 32.1. The summed E-state index contributed by atoms with van der Waals surface area (Å²) in [5, 5.41) is 1.08. The molecule has 15 heavy (non-hydrogen) atoms. The van der Waals surface area contributed by atoms with E-state index in [9.17, 15) is 0 Å². The third kappa shape index (κ3) is 1.86. The summed E-state index contributed by atoms with van der Waals surface area (Å²) < 4.78 is 9.77. The van der Waals surface area contributed by atoms with Crippen molar-refractivity contribution in [2.75, 3.05) is 25.1 Å². The van der Waals surface area contributed by atoms with Crippen molar-refractivity contribution in [1.82, 2.24) is 9.36 Å². The monoisotopic (exact) mass is 225 g/mol. The molecule has 3 rings (SSSR count). The molecule has 5 heteroatoms. The first-order valence-electron chi connectivity index (χ1n) is 5.48. The highest BCUT2D eigenvalue weighted by molar-refractivity contribution is 7.09. The Morgan fingerprint density at radius 3 is 2.93 bits per heavy atom. The van der Waals surface area contributed by atoms with Crippen LogP contribution in [0.2, 0.25) is 0 Å². The van der Waals surface area contributed by atoms with Crippen LogP contribution in [0.4, 0.5) is 5.13 Å². The summed E-state index contributed by atoms with van der Waals surface area (Å²) in [6.45, 7) is 2.02. The first kappa shape index (κ1) is 9.54. The van der Waals surface area contributed by atoms with Crippen LogP contribution in [-0.4, -0.2) is 35.7 Å². The molecule has 1 aliphatic heterocycles. The molecule has 0 bridgehead atoms. The largest absolute Gasteiger partial charge is 0.380 e. The van der Waals surface area contributed by atoms with Crippen LogP contribution in [0, 0.1) is 0 Å². The van der Waals surface area contributed by atoms with Gasteiger partial charge in [-0.15, -0.1) is 0 Å². The number of aromatic nitrogens is 2. The predicted octanol–water partition coefficient (Wildman–Crippen LogP) is 1.64. The Balaban J connectivity index is 1.70. The maximum atomic E-state index is 5.34. The van der Waals surface area contributed by atoms with Crippen molar-refractivity contribution in [2.45, 2.75) is 31.3 Å². The molecule has 0 aromatic carbocycles. The van der Waals surface area contributed by atoms with Gasteiger partial charge in [0.2, 0.25) is 5.13 Å². The van der Waals surface area contributed by atoms with Gasteiger partial charge in [-0.3, -0.25) is 0 Å². The summed E-state index contributed by atoms with van der Waals surface area (Å²) in [6, 6.07) is 0. The summed E-state index contributed by atoms with van der Waals surface area (Å²) >= 11 is 1.54. The molecule has 2 heterocycles. The fourth-order valence-electron chi connectivity index (χ4n) is 1.96. The first-order chi connectivity index (χ1) is 7.36. The van der Waals surface area contributed by atoms with Gasteiger partial charge in [0.1, 0.15) is 5.82 Å². The molecule has 0 spiro atoms. The van der Waals surface area contributed by atoms with Crippen molar-refractivity contribution in [1.29, 1.82) is 0 Å². The number of ether oxygens (including phenoxy) is 1. The molecule has 4 nitrogen and oxygen atoms in total. The normalized spacial score (nSPS) is 26.2. The molecule has 1 aliphatic carbocycles. The van der Waals surface area contributed by atoms with Crippen LogP contribution in [0.1, 0.15) is 31.0 Å². The second-order valence-electron chi connectivity index (χ2n) is 4.30. The minimum Gasteiger partial charge on any atom is -0.380 e. The third-order valence-corrected chi connectivity index (χ3v) is 3.91. The molecule has 1 unspecified atom stereocenters. The van der Waals surface area contributed by atoms with E-state index in [1.807, 2.05) is 0 Å². The van der Waals surface area contributed by atoms with E-state index in [4.69, 9.17) is 4.74 Å². The van der Waals surface area contributed by atoms with Crippen molar-refractivity contribution >= 4 is 16.7 Å². The molecule has 2 fully saturated rings. The summed E-state index contributed by atoms with van der Waals surface area (Å²) in [5.74, 6) is 1.73. The molecule has 1 saturated heterocycles. The Hall–Kier alpha value is -0.680. The zero-order valence-corrected chi connectivity index (χ0v) is 9.66. The van der Waals surface area contributed by atoms with E-state index in [0.29, 0.717) is 12.0 Å². The van der Waals surface area contributed by atoms with E-state index < -0.39 is 0 Å². The molecule has 1 aromatic heterocycles. The van der Waals surface area contributed by atoms with Crippen molar-refractivity contribution in [3.63, 3.8) is 0 Å². The molecule has 0 radical (unpaired) electrons. The average Bonchev–Trinajstić information content (AvgIpc) is 2.84. The van der Waals surface area contributed by atoms with E-state index in [2.05, 4.69) is 14.3 Å². The van der Waals surface area contributed by atoms with Gasteiger partial charge in [-0.25, -0.2) is 4.98 Å². The van der Waals surface area contributed by atoms with E-state index in [1.165, 1.54) is 24.4 Å². The van der Waals surface area contributed by atoms with Crippen molar-refractivity contribution in [3.8, 4) is 0 Å².